The number of amides is 1. The fraction of sp³-hybridized carbons (Fsp3) is 0.929. The summed E-state index contributed by atoms with van der Waals surface area (Å²) in [6, 6.07) is 1.09. The van der Waals surface area contributed by atoms with Crippen molar-refractivity contribution in [1.82, 2.24) is 15.1 Å². The van der Waals surface area contributed by atoms with Crippen LogP contribution in [0.25, 0.3) is 0 Å². The average Bonchev–Trinajstić information content (AvgIpc) is 2.92. The summed E-state index contributed by atoms with van der Waals surface area (Å²) in [5.41, 5.74) is 0. The number of rotatable bonds is 2. The molecule has 3 aliphatic heterocycles. The fourth-order valence-corrected chi connectivity index (χ4v) is 4.07. The van der Waals surface area contributed by atoms with Gasteiger partial charge in [0, 0.05) is 12.6 Å². The number of piperidine rings is 1. The van der Waals surface area contributed by atoms with Crippen molar-refractivity contribution in [1.29, 1.82) is 0 Å². The van der Waals surface area contributed by atoms with E-state index in [9.17, 15) is 4.79 Å². The summed E-state index contributed by atoms with van der Waals surface area (Å²) in [5.74, 6) is 0.319. The van der Waals surface area contributed by atoms with Crippen LogP contribution in [0.15, 0.2) is 0 Å². The van der Waals surface area contributed by atoms with Crippen molar-refractivity contribution in [3.05, 3.63) is 0 Å². The minimum absolute atomic E-state index is 0.00703. The molecule has 3 heterocycles. The molecular weight excluding hydrogens is 226 g/mol. The third kappa shape index (κ3) is 1.86. The molecule has 0 bridgehead atoms. The van der Waals surface area contributed by atoms with Gasteiger partial charge in [0.05, 0.1) is 18.2 Å². The van der Waals surface area contributed by atoms with Gasteiger partial charge in [-0.3, -0.25) is 15.0 Å². The standard InChI is InChI=1S/C14H25N3O/c1-3-13-15-10(2)14(18)17(13)12-7-9-16-8-5-4-6-11(12)16/h10-13,15H,3-9H2,1-2H3. The second-order valence-electron chi connectivity index (χ2n) is 6.01. The van der Waals surface area contributed by atoms with E-state index in [1.165, 1.54) is 38.8 Å². The second-order valence-corrected chi connectivity index (χ2v) is 6.01. The van der Waals surface area contributed by atoms with Gasteiger partial charge in [0.1, 0.15) is 0 Å². The summed E-state index contributed by atoms with van der Waals surface area (Å²) in [7, 11) is 0. The topological polar surface area (TPSA) is 35.6 Å². The van der Waals surface area contributed by atoms with Gasteiger partial charge in [-0.05, 0) is 39.2 Å². The van der Waals surface area contributed by atoms with Gasteiger partial charge in [-0.1, -0.05) is 13.3 Å². The predicted molar refractivity (Wildman–Crippen MR) is 71.1 cm³/mol. The maximum Gasteiger partial charge on any atom is 0.241 e. The van der Waals surface area contributed by atoms with E-state index in [0.717, 1.165) is 6.42 Å². The quantitative estimate of drug-likeness (QED) is 0.800. The van der Waals surface area contributed by atoms with Crippen LogP contribution in [0.5, 0.6) is 0 Å². The Kier molecular flexibility index (Phi) is 3.32. The molecule has 0 saturated carbocycles. The third-order valence-corrected chi connectivity index (χ3v) is 4.97. The molecule has 1 amide bonds. The van der Waals surface area contributed by atoms with Crippen LogP contribution in [-0.4, -0.2) is 53.1 Å². The molecule has 3 saturated heterocycles. The van der Waals surface area contributed by atoms with Gasteiger partial charge >= 0.3 is 0 Å². The first-order valence-electron chi connectivity index (χ1n) is 7.54. The molecule has 4 atom stereocenters. The molecule has 3 fully saturated rings. The highest BCUT2D eigenvalue weighted by molar-refractivity contribution is 5.84. The van der Waals surface area contributed by atoms with E-state index < -0.39 is 0 Å². The minimum Gasteiger partial charge on any atom is -0.321 e. The zero-order valence-electron chi connectivity index (χ0n) is 11.6. The van der Waals surface area contributed by atoms with E-state index in [1.54, 1.807) is 0 Å². The van der Waals surface area contributed by atoms with E-state index in [-0.39, 0.29) is 12.2 Å². The Morgan fingerprint density at radius 3 is 2.83 bits per heavy atom. The van der Waals surface area contributed by atoms with Crippen molar-refractivity contribution in [2.75, 3.05) is 13.1 Å². The van der Waals surface area contributed by atoms with E-state index in [4.69, 9.17) is 0 Å². The second kappa shape index (κ2) is 4.82. The fourth-order valence-electron chi connectivity index (χ4n) is 4.07. The SMILES string of the molecule is CCC1NC(C)C(=O)N1C1CCN2CCCCC12. The van der Waals surface area contributed by atoms with Crippen molar-refractivity contribution in [2.24, 2.45) is 0 Å². The van der Waals surface area contributed by atoms with Crippen LogP contribution in [0, 0.1) is 0 Å². The molecule has 1 N–H and O–H groups in total. The lowest BCUT2D eigenvalue weighted by Crippen LogP contribution is -2.51. The van der Waals surface area contributed by atoms with Gasteiger partial charge < -0.3 is 4.90 Å². The molecule has 4 heteroatoms. The van der Waals surface area contributed by atoms with Gasteiger partial charge in [0.15, 0.2) is 0 Å². The van der Waals surface area contributed by atoms with Gasteiger partial charge in [-0.25, -0.2) is 0 Å². The zero-order valence-corrected chi connectivity index (χ0v) is 11.6. The Morgan fingerprint density at radius 2 is 2.06 bits per heavy atom. The molecule has 0 aromatic heterocycles. The molecule has 0 aromatic rings. The molecule has 0 aromatic carbocycles. The molecule has 18 heavy (non-hydrogen) atoms. The normalized spacial score (nSPS) is 41.4. The minimum atomic E-state index is 0.00703. The van der Waals surface area contributed by atoms with E-state index in [1.807, 2.05) is 6.92 Å². The van der Waals surface area contributed by atoms with Crippen molar-refractivity contribution < 1.29 is 4.79 Å². The average molecular weight is 251 g/mol. The summed E-state index contributed by atoms with van der Waals surface area (Å²) in [6.45, 7) is 6.59. The number of carbonyl (C=O) groups excluding carboxylic acids is 1. The summed E-state index contributed by atoms with van der Waals surface area (Å²) in [4.78, 5) is 17.2. The number of hydrogen-bond acceptors (Lipinski definition) is 3. The van der Waals surface area contributed by atoms with Crippen LogP contribution in [0.4, 0.5) is 0 Å². The van der Waals surface area contributed by atoms with Gasteiger partial charge in [-0.15, -0.1) is 0 Å². The van der Waals surface area contributed by atoms with Crippen LogP contribution in [-0.2, 0) is 4.79 Å². The van der Waals surface area contributed by atoms with Crippen molar-refractivity contribution in [3.8, 4) is 0 Å². The van der Waals surface area contributed by atoms with Crippen molar-refractivity contribution >= 4 is 5.91 Å². The Morgan fingerprint density at radius 1 is 1.22 bits per heavy atom. The molecule has 0 spiro atoms. The van der Waals surface area contributed by atoms with Crippen LogP contribution in [0.1, 0.15) is 46.0 Å². The molecule has 102 valence electrons. The molecular formula is C14H25N3O. The Hall–Kier alpha value is -0.610. The summed E-state index contributed by atoms with van der Waals surface area (Å²) in [5, 5.41) is 3.43. The van der Waals surface area contributed by atoms with Crippen molar-refractivity contribution in [2.45, 2.75) is 70.2 Å². The van der Waals surface area contributed by atoms with E-state index in [2.05, 4.69) is 22.0 Å². The number of hydrogen-bond donors (Lipinski definition) is 1. The largest absolute Gasteiger partial charge is 0.321 e. The lowest BCUT2D eigenvalue weighted by atomic mass is 9.97. The Bertz CT molecular complexity index is 333. The van der Waals surface area contributed by atoms with E-state index >= 15 is 0 Å². The molecule has 4 nitrogen and oxygen atoms in total. The van der Waals surface area contributed by atoms with Gasteiger partial charge in [0.25, 0.3) is 0 Å². The molecule has 0 aliphatic carbocycles. The smallest absolute Gasteiger partial charge is 0.241 e. The maximum absolute atomic E-state index is 12.4. The highest BCUT2D eigenvalue weighted by Gasteiger charge is 2.46. The Labute approximate surface area is 110 Å². The molecule has 4 unspecified atom stereocenters. The lowest BCUT2D eigenvalue weighted by Gasteiger charge is -2.38. The van der Waals surface area contributed by atoms with Crippen LogP contribution >= 0.6 is 0 Å². The maximum atomic E-state index is 12.4. The lowest BCUT2D eigenvalue weighted by molar-refractivity contribution is -0.132. The summed E-state index contributed by atoms with van der Waals surface area (Å²) < 4.78 is 0. The van der Waals surface area contributed by atoms with Crippen LogP contribution < -0.4 is 5.32 Å². The van der Waals surface area contributed by atoms with E-state index in [0.29, 0.717) is 18.0 Å². The number of nitrogens with one attached hydrogen (secondary N) is 1. The number of nitrogens with zero attached hydrogens (tertiary/aromatic N) is 2. The molecule has 3 rings (SSSR count). The number of carbonyl (C=O) groups is 1. The first kappa shape index (κ1) is 12.4. The monoisotopic (exact) mass is 251 g/mol. The van der Waals surface area contributed by atoms with Gasteiger partial charge in [-0.2, -0.15) is 0 Å². The highest BCUT2D eigenvalue weighted by Crippen LogP contribution is 2.33. The third-order valence-electron chi connectivity index (χ3n) is 4.97. The highest BCUT2D eigenvalue weighted by atomic mass is 16.2. The Balaban J connectivity index is 1.79. The summed E-state index contributed by atoms with van der Waals surface area (Å²) >= 11 is 0. The molecule has 0 radical (unpaired) electrons. The zero-order chi connectivity index (χ0) is 12.7. The van der Waals surface area contributed by atoms with Gasteiger partial charge in [0.2, 0.25) is 5.91 Å². The predicted octanol–water partition coefficient (Wildman–Crippen LogP) is 1.17. The van der Waals surface area contributed by atoms with Crippen LogP contribution in [0.2, 0.25) is 0 Å². The first-order valence-corrected chi connectivity index (χ1v) is 7.54. The molecule has 3 aliphatic rings. The first-order chi connectivity index (χ1) is 8.72. The van der Waals surface area contributed by atoms with Crippen LogP contribution in [0.3, 0.4) is 0 Å². The van der Waals surface area contributed by atoms with Crippen molar-refractivity contribution in [3.63, 3.8) is 0 Å². The summed E-state index contributed by atoms with van der Waals surface area (Å²) in [6.07, 6.45) is 6.39. The number of fused-ring (bicyclic) bond motifs is 1.